The van der Waals surface area contributed by atoms with Crippen LogP contribution < -0.4 is 11.1 Å². The first-order valence-electron chi connectivity index (χ1n) is 7.27. The number of imide groups is 1. The molecule has 1 unspecified atom stereocenters. The standard InChI is InChI=1S/C13H16B3N3O3/c14-12(5-4-8(20)18-11(12)22)19-10(21)6-2-1-3-7(17)9(6)13(19,15)16/h1-3H,4-5,14-17H2,(H,18,20,22). The summed E-state index contributed by atoms with van der Waals surface area (Å²) in [6.07, 6.45) is 0.522. The number of fused-ring (bicyclic) bond motifs is 1. The fourth-order valence-electron chi connectivity index (χ4n) is 3.77. The van der Waals surface area contributed by atoms with Crippen molar-refractivity contribution in [1.82, 2.24) is 10.2 Å². The molecule has 6 nitrogen and oxygen atoms in total. The summed E-state index contributed by atoms with van der Waals surface area (Å²) >= 11 is 0. The van der Waals surface area contributed by atoms with E-state index in [1.807, 2.05) is 15.7 Å². The van der Waals surface area contributed by atoms with Gasteiger partial charge in [-0.05, 0) is 24.1 Å². The van der Waals surface area contributed by atoms with Crippen molar-refractivity contribution in [3.8, 4) is 0 Å². The summed E-state index contributed by atoms with van der Waals surface area (Å²) in [5.74, 6) is -0.959. The highest BCUT2D eigenvalue weighted by molar-refractivity contribution is 6.45. The number of nitrogens with zero attached hydrogens (tertiary/aromatic N) is 1. The fraction of sp³-hybridized carbons (Fsp3) is 0.308. The zero-order chi connectivity index (χ0) is 16.3. The SMILES string of the molecule is BC1(N2C(=O)c3cccc(N)c3C2(B)B)CCC(=O)NC1=O. The molecule has 2 aliphatic heterocycles. The number of benzene rings is 1. The number of hydrogen-bond donors (Lipinski definition) is 2. The zero-order valence-corrected chi connectivity index (χ0v) is 12.9. The molecule has 2 aliphatic rings. The Kier molecular flexibility index (Phi) is 2.96. The predicted octanol–water partition coefficient (Wildman–Crippen LogP) is -3.13. The first kappa shape index (κ1) is 14.7. The van der Waals surface area contributed by atoms with Gasteiger partial charge in [0.05, 0.1) is 5.44 Å². The molecule has 0 spiro atoms. The molecule has 2 heterocycles. The van der Waals surface area contributed by atoms with Gasteiger partial charge in [-0.25, -0.2) is 0 Å². The Hall–Kier alpha value is -2.18. The van der Waals surface area contributed by atoms with Gasteiger partial charge in [-0.2, -0.15) is 0 Å². The third-order valence-electron chi connectivity index (χ3n) is 4.78. The van der Waals surface area contributed by atoms with Crippen LogP contribution in [0, 0.1) is 0 Å². The molecule has 1 saturated heterocycles. The zero-order valence-electron chi connectivity index (χ0n) is 12.9. The van der Waals surface area contributed by atoms with E-state index in [-0.39, 0.29) is 18.2 Å². The molecule has 0 saturated carbocycles. The Morgan fingerprint density at radius 1 is 1.18 bits per heavy atom. The van der Waals surface area contributed by atoms with Crippen molar-refractivity contribution in [2.45, 2.75) is 23.6 Å². The quantitative estimate of drug-likeness (QED) is 0.325. The predicted molar refractivity (Wildman–Crippen MR) is 89.4 cm³/mol. The number of nitrogens with one attached hydrogen (secondary N) is 1. The first-order chi connectivity index (χ1) is 10.2. The summed E-state index contributed by atoms with van der Waals surface area (Å²) in [6.45, 7) is 0. The highest BCUT2D eigenvalue weighted by atomic mass is 16.2. The minimum absolute atomic E-state index is 0.216. The monoisotopic (exact) mass is 295 g/mol. The van der Waals surface area contributed by atoms with Crippen LogP contribution in [0.1, 0.15) is 28.8 Å². The Balaban J connectivity index is 2.14. The van der Waals surface area contributed by atoms with Crippen LogP contribution in [0.2, 0.25) is 0 Å². The molecular formula is C13H16B3N3O3. The van der Waals surface area contributed by atoms with Gasteiger partial charge in [-0.1, -0.05) is 6.07 Å². The van der Waals surface area contributed by atoms with Crippen LogP contribution in [0.25, 0.3) is 0 Å². The van der Waals surface area contributed by atoms with E-state index in [2.05, 4.69) is 5.32 Å². The maximum atomic E-state index is 12.9. The lowest BCUT2D eigenvalue weighted by Crippen LogP contribution is -2.68. The number of carbonyl (C=O) groups excluding carboxylic acids is 3. The lowest BCUT2D eigenvalue weighted by Gasteiger charge is -2.47. The molecule has 1 atom stereocenters. The van der Waals surface area contributed by atoms with Crippen molar-refractivity contribution in [1.29, 1.82) is 0 Å². The molecule has 3 N–H and O–H groups in total. The van der Waals surface area contributed by atoms with Gasteiger partial charge >= 0.3 is 0 Å². The summed E-state index contributed by atoms with van der Waals surface area (Å²) < 4.78 is 0. The van der Waals surface area contributed by atoms with Gasteiger partial charge in [0.2, 0.25) is 11.8 Å². The number of piperidine rings is 1. The van der Waals surface area contributed by atoms with Crippen LogP contribution in [0.3, 0.4) is 0 Å². The Morgan fingerprint density at radius 2 is 1.86 bits per heavy atom. The van der Waals surface area contributed by atoms with E-state index in [1.54, 1.807) is 30.9 Å². The second kappa shape index (κ2) is 4.41. The van der Waals surface area contributed by atoms with Crippen LogP contribution in [-0.2, 0) is 14.9 Å². The van der Waals surface area contributed by atoms with E-state index >= 15 is 0 Å². The Morgan fingerprint density at radius 3 is 2.45 bits per heavy atom. The Bertz CT molecular complexity index is 722. The molecular weight excluding hydrogens is 279 g/mol. The molecule has 9 heteroatoms. The first-order valence-corrected chi connectivity index (χ1v) is 7.27. The molecule has 3 amide bonds. The molecule has 0 aliphatic carbocycles. The highest BCUT2D eigenvalue weighted by Crippen LogP contribution is 2.43. The van der Waals surface area contributed by atoms with E-state index in [1.165, 1.54) is 0 Å². The number of hydrogen-bond acceptors (Lipinski definition) is 4. The van der Waals surface area contributed by atoms with Crippen molar-refractivity contribution >= 4 is 46.9 Å². The molecule has 1 aromatic rings. The average molecular weight is 295 g/mol. The molecule has 0 aromatic heterocycles. The number of nitrogen functional groups attached to an aromatic ring is 1. The van der Waals surface area contributed by atoms with Gasteiger partial charge in [0.15, 0.2) is 0 Å². The molecule has 0 radical (unpaired) electrons. The minimum atomic E-state index is -1.07. The molecule has 1 fully saturated rings. The number of amides is 3. The smallest absolute Gasteiger partial charge is 0.253 e. The third-order valence-corrected chi connectivity index (χ3v) is 4.78. The molecule has 110 valence electrons. The maximum Gasteiger partial charge on any atom is 0.253 e. The summed E-state index contributed by atoms with van der Waals surface area (Å²) in [5, 5.41) is 1.63. The van der Waals surface area contributed by atoms with Crippen molar-refractivity contribution in [2.24, 2.45) is 0 Å². The van der Waals surface area contributed by atoms with E-state index in [0.29, 0.717) is 17.7 Å². The van der Waals surface area contributed by atoms with Crippen LogP contribution >= 0.6 is 0 Å². The summed E-state index contributed by atoms with van der Waals surface area (Å²) in [6, 6.07) is 5.22. The number of nitrogens with two attached hydrogens (primary N) is 1. The Labute approximate surface area is 131 Å². The van der Waals surface area contributed by atoms with E-state index in [0.717, 1.165) is 5.56 Å². The third kappa shape index (κ3) is 1.74. The van der Waals surface area contributed by atoms with Crippen molar-refractivity contribution < 1.29 is 14.4 Å². The molecule has 1 aromatic carbocycles. The van der Waals surface area contributed by atoms with Gasteiger partial charge in [0, 0.05) is 23.0 Å². The van der Waals surface area contributed by atoms with Crippen LogP contribution in [0.5, 0.6) is 0 Å². The van der Waals surface area contributed by atoms with Gasteiger partial charge < -0.3 is 10.6 Å². The van der Waals surface area contributed by atoms with E-state index < -0.39 is 16.7 Å². The maximum absolute atomic E-state index is 12.9. The van der Waals surface area contributed by atoms with Gasteiger partial charge in [-0.15, -0.1) is 0 Å². The lowest BCUT2D eigenvalue weighted by atomic mass is 9.54. The van der Waals surface area contributed by atoms with Gasteiger partial charge in [-0.3, -0.25) is 19.7 Å². The average Bonchev–Trinajstić information content (AvgIpc) is 2.63. The van der Waals surface area contributed by atoms with Crippen molar-refractivity contribution in [3.63, 3.8) is 0 Å². The highest BCUT2D eigenvalue weighted by Gasteiger charge is 2.55. The molecule has 22 heavy (non-hydrogen) atoms. The summed E-state index contributed by atoms with van der Waals surface area (Å²) in [4.78, 5) is 38.3. The van der Waals surface area contributed by atoms with Gasteiger partial charge in [0.1, 0.15) is 23.5 Å². The topological polar surface area (TPSA) is 92.5 Å². The largest absolute Gasteiger partial charge is 0.398 e. The second-order valence-electron chi connectivity index (χ2n) is 6.62. The summed E-state index contributed by atoms with van der Waals surface area (Å²) in [5.41, 5.74) is 6.80. The summed E-state index contributed by atoms with van der Waals surface area (Å²) in [7, 11) is 5.46. The van der Waals surface area contributed by atoms with Crippen LogP contribution in [0.15, 0.2) is 18.2 Å². The number of rotatable bonds is 1. The lowest BCUT2D eigenvalue weighted by molar-refractivity contribution is -0.139. The van der Waals surface area contributed by atoms with Crippen molar-refractivity contribution in [2.75, 3.05) is 5.73 Å². The van der Waals surface area contributed by atoms with Crippen LogP contribution in [-0.4, -0.2) is 51.6 Å². The van der Waals surface area contributed by atoms with Crippen molar-refractivity contribution in [3.05, 3.63) is 29.3 Å². The number of carbonyl (C=O) groups is 3. The normalized spacial score (nSPS) is 26.7. The molecule has 0 bridgehead atoms. The van der Waals surface area contributed by atoms with Crippen LogP contribution in [0.4, 0.5) is 5.69 Å². The number of anilines is 1. The van der Waals surface area contributed by atoms with Gasteiger partial charge in [0.25, 0.3) is 5.91 Å². The van der Waals surface area contributed by atoms with E-state index in [9.17, 15) is 14.4 Å². The molecule has 3 rings (SSSR count). The second-order valence-corrected chi connectivity index (χ2v) is 6.62. The fourth-order valence-corrected chi connectivity index (χ4v) is 3.77. The minimum Gasteiger partial charge on any atom is -0.398 e. The van der Waals surface area contributed by atoms with E-state index in [4.69, 9.17) is 5.73 Å².